The molecule has 0 aromatic heterocycles. The topological polar surface area (TPSA) is 69.9 Å². The molecule has 31 heavy (non-hydrogen) atoms. The lowest BCUT2D eigenvalue weighted by atomic mass is 9.90. The summed E-state index contributed by atoms with van der Waals surface area (Å²) in [5, 5.41) is 29.7. The summed E-state index contributed by atoms with van der Waals surface area (Å²) < 4.78 is 5.98. The normalized spacial score (nSPS) is 13.7. The van der Waals surface area contributed by atoms with Gasteiger partial charge in [-0.3, -0.25) is 0 Å². The lowest BCUT2D eigenvalue weighted by molar-refractivity contribution is 0.0777. The van der Waals surface area contributed by atoms with Crippen LogP contribution in [0.15, 0.2) is 60.7 Å². The van der Waals surface area contributed by atoms with Gasteiger partial charge in [0.2, 0.25) is 0 Å². The minimum atomic E-state index is -0.823. The molecule has 0 bridgehead atoms. The minimum absolute atomic E-state index is 0.0907. The number of ether oxygens (including phenoxy) is 1. The highest BCUT2D eigenvalue weighted by Gasteiger charge is 2.21. The highest BCUT2D eigenvalue weighted by Crippen LogP contribution is 2.25. The highest BCUT2D eigenvalue weighted by atomic mass is 16.5. The minimum Gasteiger partial charge on any atom is -0.489 e. The predicted molar refractivity (Wildman–Crippen MR) is 126 cm³/mol. The number of hydrogen-bond acceptors (Lipinski definition) is 4. The summed E-state index contributed by atoms with van der Waals surface area (Å²) in [5.74, 6) is 0.777. The maximum absolute atomic E-state index is 10.9. The molecule has 0 saturated carbocycles. The van der Waals surface area contributed by atoms with Gasteiger partial charge in [0.1, 0.15) is 12.4 Å². The number of benzene rings is 2. The van der Waals surface area contributed by atoms with E-state index >= 15 is 0 Å². The lowest BCUT2D eigenvalue weighted by Crippen LogP contribution is -2.25. The summed E-state index contributed by atoms with van der Waals surface area (Å²) in [5.41, 5.74) is 3.90. The van der Waals surface area contributed by atoms with Gasteiger partial charge in [-0.1, -0.05) is 56.4 Å². The summed E-state index contributed by atoms with van der Waals surface area (Å²) in [7, 11) is 0. The largest absolute Gasteiger partial charge is 0.489 e. The third-order valence-corrected chi connectivity index (χ3v) is 5.67. The molecule has 0 amide bonds. The van der Waals surface area contributed by atoms with Crippen molar-refractivity contribution < 1.29 is 20.1 Å². The Morgan fingerprint density at radius 3 is 2.39 bits per heavy atom. The van der Waals surface area contributed by atoms with E-state index in [1.54, 1.807) is 0 Å². The van der Waals surface area contributed by atoms with E-state index in [1.807, 2.05) is 61.5 Å². The molecule has 0 aliphatic carbocycles. The summed E-state index contributed by atoms with van der Waals surface area (Å²) in [4.78, 5) is 0. The number of aliphatic hydroxyl groups is 3. The lowest BCUT2D eigenvalue weighted by Gasteiger charge is -2.23. The van der Waals surface area contributed by atoms with Crippen molar-refractivity contribution in [1.82, 2.24) is 0 Å². The smallest absolute Gasteiger partial charge is 0.120 e. The molecule has 3 N–H and O–H groups in total. The Hall–Kier alpha value is -2.40. The molecule has 2 rings (SSSR count). The standard InChI is InChI=1S/C27H36O4/c1-4-6-7-8-14-27(30,5-2)15-13-23-17-26(12-9-21(23)3)31-20-22-10-11-24(18-28)25(16-22)19-29/h6-12,14,16-17,28-30H,4-5,13,15,18-20H2,1-3H3. The van der Waals surface area contributed by atoms with Crippen molar-refractivity contribution in [2.24, 2.45) is 0 Å². The molecule has 0 heterocycles. The Kier molecular flexibility index (Phi) is 9.99. The van der Waals surface area contributed by atoms with Crippen LogP contribution in [-0.2, 0) is 26.2 Å². The van der Waals surface area contributed by atoms with Gasteiger partial charge >= 0.3 is 0 Å². The fraction of sp³-hybridized carbons (Fsp3) is 0.407. The van der Waals surface area contributed by atoms with E-state index in [0.29, 0.717) is 25.0 Å². The second-order valence-corrected chi connectivity index (χ2v) is 7.95. The Morgan fingerprint density at radius 2 is 1.71 bits per heavy atom. The summed E-state index contributed by atoms with van der Waals surface area (Å²) in [6.07, 6.45) is 10.9. The van der Waals surface area contributed by atoms with Gasteiger partial charge in [-0.15, -0.1) is 0 Å². The number of hydrogen-bond donors (Lipinski definition) is 3. The van der Waals surface area contributed by atoms with Crippen molar-refractivity contribution in [2.75, 3.05) is 0 Å². The van der Waals surface area contributed by atoms with Gasteiger partial charge in [-0.25, -0.2) is 0 Å². The van der Waals surface area contributed by atoms with Crippen molar-refractivity contribution in [3.63, 3.8) is 0 Å². The van der Waals surface area contributed by atoms with Crippen molar-refractivity contribution >= 4 is 0 Å². The van der Waals surface area contributed by atoms with Crippen molar-refractivity contribution in [1.29, 1.82) is 0 Å². The summed E-state index contributed by atoms with van der Waals surface area (Å²) in [6, 6.07) is 11.6. The van der Waals surface area contributed by atoms with Gasteiger partial charge in [0.25, 0.3) is 0 Å². The second kappa shape index (κ2) is 12.5. The Labute approximate surface area is 186 Å². The van der Waals surface area contributed by atoms with E-state index in [4.69, 9.17) is 4.74 Å². The van der Waals surface area contributed by atoms with E-state index in [0.717, 1.165) is 35.3 Å². The zero-order valence-corrected chi connectivity index (χ0v) is 19.0. The molecule has 4 nitrogen and oxygen atoms in total. The third-order valence-electron chi connectivity index (χ3n) is 5.67. The molecule has 2 aromatic carbocycles. The van der Waals surface area contributed by atoms with E-state index in [9.17, 15) is 15.3 Å². The van der Waals surface area contributed by atoms with Crippen LogP contribution in [0.4, 0.5) is 0 Å². The molecule has 0 radical (unpaired) electrons. The molecular formula is C27H36O4. The highest BCUT2D eigenvalue weighted by molar-refractivity contribution is 5.36. The van der Waals surface area contributed by atoms with Crippen LogP contribution in [0, 0.1) is 6.92 Å². The molecular weight excluding hydrogens is 388 g/mol. The molecule has 0 aliphatic rings. The quantitative estimate of drug-likeness (QED) is 0.412. The fourth-order valence-electron chi connectivity index (χ4n) is 3.42. The SMILES string of the molecule is CCC=CC=CC(O)(CC)CCc1cc(OCc2ccc(CO)c(CO)c2)ccc1C. The van der Waals surface area contributed by atoms with Gasteiger partial charge in [0, 0.05) is 0 Å². The second-order valence-electron chi connectivity index (χ2n) is 7.95. The average molecular weight is 425 g/mol. The van der Waals surface area contributed by atoms with Crippen molar-refractivity contribution in [3.05, 3.63) is 88.5 Å². The third kappa shape index (κ3) is 7.66. The molecule has 4 heteroatoms. The summed E-state index contributed by atoms with van der Waals surface area (Å²) >= 11 is 0. The number of allylic oxidation sites excluding steroid dienone is 3. The first-order valence-corrected chi connectivity index (χ1v) is 11.1. The first-order valence-electron chi connectivity index (χ1n) is 11.1. The molecule has 1 unspecified atom stereocenters. The molecule has 168 valence electrons. The van der Waals surface area contributed by atoms with E-state index in [-0.39, 0.29) is 13.2 Å². The predicted octanol–water partition coefficient (Wildman–Crippen LogP) is 5.15. The number of rotatable bonds is 12. The van der Waals surface area contributed by atoms with Crippen LogP contribution < -0.4 is 4.74 Å². The molecule has 2 aromatic rings. The first kappa shape index (κ1) is 24.9. The van der Waals surface area contributed by atoms with Crippen LogP contribution in [0.3, 0.4) is 0 Å². The monoisotopic (exact) mass is 424 g/mol. The van der Waals surface area contributed by atoms with Crippen LogP contribution in [0.2, 0.25) is 0 Å². The molecule has 0 fully saturated rings. The molecule has 0 saturated heterocycles. The van der Waals surface area contributed by atoms with Gasteiger partial charge in [-0.05, 0) is 78.6 Å². The molecule has 1 atom stereocenters. The van der Waals surface area contributed by atoms with E-state index < -0.39 is 5.60 Å². The number of aryl methyl sites for hydroxylation is 2. The molecule has 0 aliphatic heterocycles. The Balaban J connectivity index is 2.04. The zero-order chi connectivity index (χ0) is 22.7. The first-order chi connectivity index (χ1) is 14.9. The van der Waals surface area contributed by atoms with Crippen LogP contribution >= 0.6 is 0 Å². The summed E-state index contributed by atoms with van der Waals surface area (Å²) in [6.45, 7) is 6.35. The van der Waals surface area contributed by atoms with Crippen LogP contribution in [0.25, 0.3) is 0 Å². The van der Waals surface area contributed by atoms with Crippen LogP contribution in [0.5, 0.6) is 5.75 Å². The van der Waals surface area contributed by atoms with Gasteiger partial charge in [-0.2, -0.15) is 0 Å². The van der Waals surface area contributed by atoms with Gasteiger partial charge in [0.05, 0.1) is 18.8 Å². The van der Waals surface area contributed by atoms with Crippen molar-refractivity contribution in [3.8, 4) is 5.75 Å². The Morgan fingerprint density at radius 1 is 0.935 bits per heavy atom. The maximum atomic E-state index is 10.9. The van der Waals surface area contributed by atoms with Gasteiger partial charge < -0.3 is 20.1 Å². The van der Waals surface area contributed by atoms with Crippen molar-refractivity contribution in [2.45, 2.75) is 71.9 Å². The number of aliphatic hydroxyl groups excluding tert-OH is 2. The Bertz CT molecular complexity index is 885. The zero-order valence-electron chi connectivity index (χ0n) is 19.0. The average Bonchev–Trinajstić information content (AvgIpc) is 2.80. The molecule has 0 spiro atoms. The fourth-order valence-corrected chi connectivity index (χ4v) is 3.42. The van der Waals surface area contributed by atoms with E-state index in [2.05, 4.69) is 19.9 Å². The van der Waals surface area contributed by atoms with E-state index in [1.165, 1.54) is 5.56 Å². The van der Waals surface area contributed by atoms with Gasteiger partial charge in [0.15, 0.2) is 0 Å². The van der Waals surface area contributed by atoms with Crippen LogP contribution in [-0.4, -0.2) is 20.9 Å². The van der Waals surface area contributed by atoms with Crippen LogP contribution in [0.1, 0.15) is 60.9 Å². The maximum Gasteiger partial charge on any atom is 0.120 e.